The largest absolute Gasteiger partial charge is 0.494 e. The molecule has 8 nitrogen and oxygen atoms in total. The summed E-state index contributed by atoms with van der Waals surface area (Å²) in [4.78, 5) is 17.8. The average Bonchev–Trinajstić information content (AvgIpc) is 3.41. The minimum atomic E-state index is -0.121. The third-order valence-electron chi connectivity index (χ3n) is 4.89. The molecule has 9 heteroatoms. The number of hydrogen-bond acceptors (Lipinski definition) is 7. The summed E-state index contributed by atoms with van der Waals surface area (Å²) < 4.78 is 17.9. The number of nitrogens with zero attached hydrogens (tertiary/aromatic N) is 3. The fraction of sp³-hybridized carbons (Fsp3) is 0.261. The van der Waals surface area contributed by atoms with Gasteiger partial charge >= 0.3 is 0 Å². The van der Waals surface area contributed by atoms with Crippen LogP contribution < -0.4 is 19.5 Å². The van der Waals surface area contributed by atoms with Crippen molar-refractivity contribution in [2.45, 2.75) is 13.3 Å². The maximum Gasteiger partial charge on any atom is 0.251 e. The Balaban J connectivity index is 1.42. The van der Waals surface area contributed by atoms with Crippen LogP contribution in [0.1, 0.15) is 23.0 Å². The maximum atomic E-state index is 12.4. The normalized spacial score (nSPS) is 10.8. The Morgan fingerprint density at radius 3 is 2.59 bits per heavy atom. The molecule has 2 aromatic carbocycles. The smallest absolute Gasteiger partial charge is 0.251 e. The summed E-state index contributed by atoms with van der Waals surface area (Å²) in [6.07, 6.45) is 0.636. The number of carbonyl (C=O) groups excluding carboxylic acids is 1. The Bertz CT molecular complexity index is 1220. The van der Waals surface area contributed by atoms with Crippen LogP contribution in [-0.2, 0) is 6.42 Å². The summed E-state index contributed by atoms with van der Waals surface area (Å²) in [5, 5.41) is 9.61. The van der Waals surface area contributed by atoms with Crippen LogP contribution in [0.5, 0.6) is 17.2 Å². The van der Waals surface area contributed by atoms with Crippen LogP contribution in [0.4, 0.5) is 0 Å². The Labute approximate surface area is 189 Å². The van der Waals surface area contributed by atoms with E-state index in [-0.39, 0.29) is 5.91 Å². The molecule has 0 fully saturated rings. The number of fused-ring (bicyclic) bond motifs is 1. The Hall–Kier alpha value is -3.59. The van der Waals surface area contributed by atoms with Gasteiger partial charge in [-0.25, -0.2) is 4.52 Å². The second kappa shape index (κ2) is 9.69. The summed E-state index contributed by atoms with van der Waals surface area (Å²) in [6, 6.07) is 12.7. The van der Waals surface area contributed by atoms with Crippen molar-refractivity contribution in [3.8, 4) is 28.6 Å². The van der Waals surface area contributed by atoms with Gasteiger partial charge in [-0.2, -0.15) is 4.98 Å². The van der Waals surface area contributed by atoms with Crippen LogP contribution in [0.2, 0.25) is 0 Å². The van der Waals surface area contributed by atoms with Gasteiger partial charge in [-0.15, -0.1) is 16.4 Å². The van der Waals surface area contributed by atoms with Crippen molar-refractivity contribution >= 4 is 22.2 Å². The minimum Gasteiger partial charge on any atom is -0.494 e. The molecule has 4 aromatic rings. The molecular formula is C23H24N4O4S. The first-order chi connectivity index (χ1) is 15.6. The van der Waals surface area contributed by atoms with Crippen molar-refractivity contribution < 1.29 is 19.0 Å². The first-order valence-electron chi connectivity index (χ1n) is 10.2. The summed E-state index contributed by atoms with van der Waals surface area (Å²) >= 11 is 1.52. The number of hydrogen-bond donors (Lipinski definition) is 1. The second-order valence-corrected chi connectivity index (χ2v) is 7.73. The SMILES string of the molecule is CCOc1ccc(C(=O)NCCc2csc3nc(-c4ccc(OC)c(OC)c4)nn23)cc1. The molecule has 2 aromatic heterocycles. The molecule has 4 rings (SSSR count). The molecular weight excluding hydrogens is 428 g/mol. The molecule has 1 amide bonds. The third-order valence-corrected chi connectivity index (χ3v) is 5.75. The van der Waals surface area contributed by atoms with Crippen molar-refractivity contribution in [2.75, 3.05) is 27.4 Å². The number of rotatable bonds is 9. The number of amides is 1. The quantitative estimate of drug-likeness (QED) is 0.415. The zero-order valence-electron chi connectivity index (χ0n) is 18.1. The third kappa shape index (κ3) is 4.52. The van der Waals surface area contributed by atoms with Crippen LogP contribution in [0.25, 0.3) is 16.3 Å². The lowest BCUT2D eigenvalue weighted by molar-refractivity contribution is 0.0954. The first kappa shape index (κ1) is 21.6. The number of ether oxygens (including phenoxy) is 3. The predicted octanol–water partition coefficient (Wildman–Crippen LogP) is 3.85. The molecule has 0 bridgehead atoms. The van der Waals surface area contributed by atoms with Crippen LogP contribution in [0, 0.1) is 0 Å². The van der Waals surface area contributed by atoms with Crippen molar-refractivity contribution in [1.82, 2.24) is 19.9 Å². The zero-order chi connectivity index (χ0) is 22.5. The van der Waals surface area contributed by atoms with E-state index in [1.165, 1.54) is 11.3 Å². The summed E-state index contributed by atoms with van der Waals surface area (Å²) in [5.74, 6) is 2.52. The van der Waals surface area contributed by atoms with Crippen molar-refractivity contribution in [3.63, 3.8) is 0 Å². The Morgan fingerprint density at radius 2 is 1.88 bits per heavy atom. The lowest BCUT2D eigenvalue weighted by Gasteiger charge is -2.07. The van der Waals surface area contributed by atoms with E-state index in [1.807, 2.05) is 35.0 Å². The molecule has 0 spiro atoms. The van der Waals surface area contributed by atoms with Gasteiger partial charge in [0.25, 0.3) is 5.91 Å². The molecule has 0 unspecified atom stereocenters. The van der Waals surface area contributed by atoms with Gasteiger partial charge in [0.05, 0.1) is 26.5 Å². The van der Waals surface area contributed by atoms with Gasteiger partial charge < -0.3 is 19.5 Å². The number of methoxy groups -OCH3 is 2. The molecule has 0 saturated heterocycles. The lowest BCUT2D eigenvalue weighted by Crippen LogP contribution is -2.25. The van der Waals surface area contributed by atoms with Crippen LogP contribution >= 0.6 is 11.3 Å². The molecule has 0 atom stereocenters. The number of carbonyl (C=O) groups is 1. The van der Waals surface area contributed by atoms with Gasteiger partial charge in [0.1, 0.15) is 5.75 Å². The fourth-order valence-corrected chi connectivity index (χ4v) is 4.13. The highest BCUT2D eigenvalue weighted by Gasteiger charge is 2.14. The van der Waals surface area contributed by atoms with Gasteiger partial charge in [-0.1, -0.05) is 0 Å². The fourth-order valence-electron chi connectivity index (χ4n) is 3.27. The molecule has 0 aliphatic rings. The minimum absolute atomic E-state index is 0.121. The van der Waals surface area contributed by atoms with Crippen LogP contribution in [0.15, 0.2) is 47.8 Å². The molecule has 2 heterocycles. The van der Waals surface area contributed by atoms with Gasteiger partial charge in [-0.05, 0) is 49.4 Å². The molecule has 0 radical (unpaired) electrons. The van der Waals surface area contributed by atoms with Gasteiger partial charge in [0, 0.05) is 29.5 Å². The highest BCUT2D eigenvalue weighted by Crippen LogP contribution is 2.31. The van der Waals surface area contributed by atoms with E-state index in [0.717, 1.165) is 22.0 Å². The van der Waals surface area contributed by atoms with E-state index >= 15 is 0 Å². The van der Waals surface area contributed by atoms with E-state index in [1.54, 1.807) is 38.5 Å². The molecule has 1 N–H and O–H groups in total. The number of nitrogens with one attached hydrogen (secondary N) is 1. The van der Waals surface area contributed by atoms with Gasteiger partial charge in [-0.3, -0.25) is 4.79 Å². The highest BCUT2D eigenvalue weighted by molar-refractivity contribution is 7.15. The average molecular weight is 453 g/mol. The van der Waals surface area contributed by atoms with Crippen molar-refractivity contribution in [1.29, 1.82) is 0 Å². The second-order valence-electron chi connectivity index (χ2n) is 6.89. The van der Waals surface area contributed by atoms with E-state index in [9.17, 15) is 4.79 Å². The molecule has 0 saturated carbocycles. The van der Waals surface area contributed by atoms with Crippen LogP contribution in [0.3, 0.4) is 0 Å². The highest BCUT2D eigenvalue weighted by atomic mass is 32.1. The summed E-state index contributed by atoms with van der Waals surface area (Å²) in [7, 11) is 3.20. The molecule has 32 heavy (non-hydrogen) atoms. The maximum absolute atomic E-state index is 12.4. The first-order valence-corrected chi connectivity index (χ1v) is 11.1. The van der Waals surface area contributed by atoms with Crippen LogP contribution in [-0.4, -0.2) is 47.9 Å². The van der Waals surface area contributed by atoms with E-state index in [4.69, 9.17) is 14.2 Å². The molecule has 166 valence electrons. The number of thiazole rings is 1. The predicted molar refractivity (Wildman–Crippen MR) is 123 cm³/mol. The molecule has 0 aliphatic heterocycles. The number of benzene rings is 2. The van der Waals surface area contributed by atoms with Gasteiger partial charge in [0.2, 0.25) is 4.96 Å². The van der Waals surface area contributed by atoms with Gasteiger partial charge in [0.15, 0.2) is 17.3 Å². The molecule has 0 aliphatic carbocycles. The zero-order valence-corrected chi connectivity index (χ0v) is 18.9. The van der Waals surface area contributed by atoms with E-state index in [0.29, 0.717) is 42.5 Å². The standard InChI is InChI=1S/C23H24N4O4S/c1-4-31-18-8-5-15(6-9-18)22(28)24-12-11-17-14-32-23-25-21(26-27(17)23)16-7-10-19(29-2)20(13-16)30-3/h5-10,13-14H,4,11-12H2,1-3H3,(H,24,28). The summed E-state index contributed by atoms with van der Waals surface area (Å²) in [6.45, 7) is 3.01. The van der Waals surface area contributed by atoms with E-state index < -0.39 is 0 Å². The monoisotopic (exact) mass is 452 g/mol. The number of aromatic nitrogens is 3. The Morgan fingerprint density at radius 1 is 1.09 bits per heavy atom. The van der Waals surface area contributed by atoms with Crippen molar-refractivity contribution in [3.05, 3.63) is 59.1 Å². The summed E-state index contributed by atoms with van der Waals surface area (Å²) in [5.41, 5.74) is 2.42. The van der Waals surface area contributed by atoms with E-state index in [2.05, 4.69) is 15.4 Å². The van der Waals surface area contributed by atoms with Crippen molar-refractivity contribution in [2.24, 2.45) is 0 Å². The topological polar surface area (TPSA) is 87.0 Å². The Kier molecular flexibility index (Phi) is 6.55. The lowest BCUT2D eigenvalue weighted by atomic mass is 10.2.